The molecule has 3 rings (SSSR count). The van der Waals surface area contributed by atoms with Crippen molar-refractivity contribution in [1.82, 2.24) is 15.4 Å². The second-order valence-corrected chi connectivity index (χ2v) is 5.34. The van der Waals surface area contributed by atoms with Gasteiger partial charge in [0.2, 0.25) is 5.69 Å². The van der Waals surface area contributed by atoms with Gasteiger partial charge < -0.3 is 9.84 Å². The number of carboxylic acid groups (broad SMARTS) is 1. The number of rotatable bonds is 7. The molecule has 2 aromatic carbocycles. The summed E-state index contributed by atoms with van der Waals surface area (Å²) in [5, 5.41) is 18.8. The van der Waals surface area contributed by atoms with Crippen LogP contribution in [0.15, 0.2) is 60.7 Å². The third kappa shape index (κ3) is 3.78. The van der Waals surface area contributed by atoms with Crippen molar-refractivity contribution >= 4 is 5.97 Å². The van der Waals surface area contributed by atoms with E-state index >= 15 is 0 Å². The van der Waals surface area contributed by atoms with E-state index in [1.54, 1.807) is 0 Å². The molecule has 0 bridgehead atoms. The molecule has 0 aliphatic rings. The number of hydrogen-bond acceptors (Lipinski definition) is 4. The van der Waals surface area contributed by atoms with Gasteiger partial charge in [-0.1, -0.05) is 71.0 Å². The summed E-state index contributed by atoms with van der Waals surface area (Å²) in [6, 6.07) is 19.8. The maximum Gasteiger partial charge on any atom is 0.359 e. The highest BCUT2D eigenvalue weighted by molar-refractivity contribution is 5.87. The van der Waals surface area contributed by atoms with Crippen molar-refractivity contribution in [2.45, 2.75) is 18.9 Å². The minimum Gasteiger partial charge on any atom is -0.476 e. The summed E-state index contributed by atoms with van der Waals surface area (Å²) >= 11 is 0. The smallest absolute Gasteiger partial charge is 0.359 e. The molecule has 0 spiro atoms. The van der Waals surface area contributed by atoms with Crippen molar-refractivity contribution in [3.05, 3.63) is 77.5 Å². The quantitative estimate of drug-likeness (QED) is 0.697. The van der Waals surface area contributed by atoms with Crippen LogP contribution >= 0.6 is 0 Å². The first kappa shape index (κ1) is 15.7. The third-order valence-corrected chi connectivity index (χ3v) is 3.69. The number of ether oxygens (including phenoxy) is 1. The highest BCUT2D eigenvalue weighted by atomic mass is 16.5. The molecule has 0 fully saturated rings. The summed E-state index contributed by atoms with van der Waals surface area (Å²) in [4.78, 5) is 11.2. The molecule has 1 aromatic heterocycles. The van der Waals surface area contributed by atoms with Gasteiger partial charge in [0.25, 0.3) is 5.88 Å². The first-order valence-corrected chi connectivity index (χ1v) is 7.64. The highest BCUT2D eigenvalue weighted by Gasteiger charge is 2.21. The molecule has 24 heavy (non-hydrogen) atoms. The number of aryl methyl sites for hydroxylation is 1. The average Bonchev–Trinajstić information content (AvgIpc) is 3.09. The Morgan fingerprint density at radius 1 is 1.08 bits per heavy atom. The van der Waals surface area contributed by atoms with Gasteiger partial charge in [0.15, 0.2) is 0 Å². The van der Waals surface area contributed by atoms with Gasteiger partial charge in [0.05, 0.1) is 0 Å². The second kappa shape index (κ2) is 7.41. The molecule has 2 N–H and O–H groups in total. The Kier molecular flexibility index (Phi) is 4.86. The largest absolute Gasteiger partial charge is 0.476 e. The summed E-state index contributed by atoms with van der Waals surface area (Å²) in [6.07, 6.45) is 1.19. The minimum atomic E-state index is -1.15. The van der Waals surface area contributed by atoms with Crippen LogP contribution in [0.1, 0.15) is 34.1 Å². The Balaban J connectivity index is 1.80. The molecule has 1 heterocycles. The maximum absolute atomic E-state index is 11.2. The molecule has 0 aliphatic heterocycles. The van der Waals surface area contributed by atoms with Crippen LogP contribution in [0.25, 0.3) is 0 Å². The molecule has 1 atom stereocenters. The zero-order valence-electron chi connectivity index (χ0n) is 12.9. The van der Waals surface area contributed by atoms with Gasteiger partial charge in [0.1, 0.15) is 6.10 Å². The van der Waals surface area contributed by atoms with Gasteiger partial charge in [-0.3, -0.25) is 0 Å². The van der Waals surface area contributed by atoms with Crippen LogP contribution in [0.2, 0.25) is 0 Å². The van der Waals surface area contributed by atoms with Gasteiger partial charge in [0, 0.05) is 0 Å². The molecule has 0 radical (unpaired) electrons. The van der Waals surface area contributed by atoms with Crippen LogP contribution < -0.4 is 4.74 Å². The molecular weight excluding hydrogens is 306 g/mol. The number of carbonyl (C=O) groups is 1. The van der Waals surface area contributed by atoms with Crippen molar-refractivity contribution in [2.24, 2.45) is 0 Å². The van der Waals surface area contributed by atoms with E-state index in [0.29, 0.717) is 6.42 Å². The van der Waals surface area contributed by atoms with Crippen molar-refractivity contribution in [3.8, 4) is 5.88 Å². The lowest BCUT2D eigenvalue weighted by atomic mass is 10.0. The number of nitrogens with one attached hydrogen (secondary N) is 1. The minimum absolute atomic E-state index is 0.00409. The molecule has 0 aliphatic carbocycles. The predicted molar refractivity (Wildman–Crippen MR) is 87.9 cm³/mol. The van der Waals surface area contributed by atoms with Crippen LogP contribution in [-0.2, 0) is 6.42 Å². The number of nitrogens with zero attached hydrogens (tertiary/aromatic N) is 2. The van der Waals surface area contributed by atoms with E-state index in [4.69, 9.17) is 9.84 Å². The number of H-pyrrole nitrogens is 1. The fourth-order valence-corrected chi connectivity index (χ4v) is 2.48. The van der Waals surface area contributed by atoms with Gasteiger partial charge in [-0.15, -0.1) is 0 Å². The summed E-state index contributed by atoms with van der Waals surface area (Å²) < 4.78 is 5.87. The topological polar surface area (TPSA) is 88.1 Å². The first-order valence-electron chi connectivity index (χ1n) is 7.64. The van der Waals surface area contributed by atoms with E-state index in [-0.39, 0.29) is 17.7 Å². The summed E-state index contributed by atoms with van der Waals surface area (Å²) in [5.74, 6) is -1.14. The average molecular weight is 323 g/mol. The molecule has 6 heteroatoms. The number of aromatic nitrogens is 3. The molecule has 6 nitrogen and oxygen atoms in total. The number of aromatic amines is 1. The predicted octanol–water partition coefficient (Wildman–Crippen LogP) is 3.26. The Hall–Kier alpha value is -3.15. The number of carboxylic acids is 1. The fourth-order valence-electron chi connectivity index (χ4n) is 2.48. The van der Waals surface area contributed by atoms with Gasteiger partial charge in [-0.2, -0.15) is 0 Å². The first-order chi connectivity index (χ1) is 11.7. The monoisotopic (exact) mass is 323 g/mol. The number of benzene rings is 2. The third-order valence-electron chi connectivity index (χ3n) is 3.69. The van der Waals surface area contributed by atoms with Crippen LogP contribution in [0.4, 0.5) is 0 Å². The van der Waals surface area contributed by atoms with Crippen LogP contribution in [0.5, 0.6) is 5.88 Å². The lowest BCUT2D eigenvalue weighted by Crippen LogP contribution is -2.11. The zero-order valence-corrected chi connectivity index (χ0v) is 12.9. The van der Waals surface area contributed by atoms with E-state index in [2.05, 4.69) is 27.5 Å². The lowest BCUT2D eigenvalue weighted by molar-refractivity contribution is 0.0681. The van der Waals surface area contributed by atoms with E-state index in [0.717, 1.165) is 12.0 Å². The zero-order chi connectivity index (χ0) is 16.8. The summed E-state index contributed by atoms with van der Waals surface area (Å²) in [7, 11) is 0. The molecule has 0 saturated carbocycles. The van der Waals surface area contributed by atoms with Crippen LogP contribution in [0, 0.1) is 0 Å². The van der Waals surface area contributed by atoms with Crippen molar-refractivity contribution in [3.63, 3.8) is 0 Å². The SMILES string of the molecule is O=C(O)c1[nH]nnc1OC(CCc1ccccc1)c1ccccc1. The molecular formula is C18H17N3O3. The molecule has 0 amide bonds. The molecule has 122 valence electrons. The maximum atomic E-state index is 11.2. The van der Waals surface area contributed by atoms with Crippen molar-refractivity contribution in [2.75, 3.05) is 0 Å². The van der Waals surface area contributed by atoms with E-state index in [1.807, 2.05) is 48.5 Å². The van der Waals surface area contributed by atoms with E-state index in [1.165, 1.54) is 5.56 Å². The molecule has 1 unspecified atom stereocenters. The van der Waals surface area contributed by atoms with Crippen molar-refractivity contribution in [1.29, 1.82) is 0 Å². The highest BCUT2D eigenvalue weighted by Crippen LogP contribution is 2.26. The summed E-state index contributed by atoms with van der Waals surface area (Å²) in [5.41, 5.74) is 2.02. The second-order valence-electron chi connectivity index (χ2n) is 5.34. The normalized spacial score (nSPS) is 11.8. The Labute approximate surface area is 139 Å². The molecule has 0 saturated heterocycles. The standard InChI is InChI=1S/C18H17N3O3/c22-18(23)16-17(20-21-19-16)24-15(14-9-5-2-6-10-14)12-11-13-7-3-1-4-8-13/h1-10,15H,11-12H2,(H,22,23)(H,19,20,21). The Morgan fingerprint density at radius 2 is 1.75 bits per heavy atom. The fraction of sp³-hybridized carbons (Fsp3) is 0.167. The van der Waals surface area contributed by atoms with Crippen molar-refractivity contribution < 1.29 is 14.6 Å². The van der Waals surface area contributed by atoms with Gasteiger partial charge in [-0.25, -0.2) is 9.89 Å². The van der Waals surface area contributed by atoms with E-state index in [9.17, 15) is 4.79 Å². The number of aromatic carboxylic acids is 1. The van der Waals surface area contributed by atoms with E-state index < -0.39 is 5.97 Å². The number of hydrogen-bond donors (Lipinski definition) is 2. The Bertz CT molecular complexity index is 788. The lowest BCUT2D eigenvalue weighted by Gasteiger charge is -2.18. The van der Waals surface area contributed by atoms with Crippen LogP contribution in [0.3, 0.4) is 0 Å². The van der Waals surface area contributed by atoms with Gasteiger partial charge >= 0.3 is 5.97 Å². The molecule has 3 aromatic rings. The van der Waals surface area contributed by atoms with Gasteiger partial charge in [-0.05, 0) is 24.0 Å². The summed E-state index contributed by atoms with van der Waals surface area (Å²) in [6.45, 7) is 0. The van der Waals surface area contributed by atoms with Crippen LogP contribution in [-0.4, -0.2) is 26.5 Å². The Morgan fingerprint density at radius 3 is 2.42 bits per heavy atom.